The molecule has 5 heteroatoms. The van der Waals surface area contributed by atoms with Gasteiger partial charge in [-0.1, -0.05) is 31.5 Å². The van der Waals surface area contributed by atoms with Gasteiger partial charge in [0.25, 0.3) is 0 Å². The maximum Gasteiger partial charge on any atom is 0.233 e. The molecule has 1 aromatic rings. The molecule has 0 N–H and O–H groups in total. The van der Waals surface area contributed by atoms with Crippen LogP contribution in [0.3, 0.4) is 0 Å². The minimum Gasteiger partial charge on any atom is -0.378 e. The number of ether oxygens (including phenoxy) is 1. The number of hydrogen-bond donors (Lipinski definition) is 0. The summed E-state index contributed by atoms with van der Waals surface area (Å²) in [4.78, 5) is 17.7. The van der Waals surface area contributed by atoms with Crippen molar-refractivity contribution in [3.05, 3.63) is 35.6 Å². The van der Waals surface area contributed by atoms with Crippen molar-refractivity contribution in [1.82, 2.24) is 9.80 Å². The van der Waals surface area contributed by atoms with E-state index in [0.29, 0.717) is 24.8 Å². The summed E-state index contributed by atoms with van der Waals surface area (Å²) < 4.78 is 20.1. The third kappa shape index (κ3) is 2.97. The van der Waals surface area contributed by atoms with Crippen LogP contribution in [0.1, 0.15) is 38.2 Å². The Morgan fingerprint density at radius 1 is 1.28 bits per heavy atom. The molecule has 2 heterocycles. The first-order valence-electron chi connectivity index (χ1n) is 9.53. The first-order valence-corrected chi connectivity index (χ1v) is 9.53. The Kier molecular flexibility index (Phi) is 4.54. The smallest absolute Gasteiger partial charge is 0.233 e. The summed E-state index contributed by atoms with van der Waals surface area (Å²) in [5.74, 6) is -0.147. The number of rotatable bonds is 4. The number of carbonyl (C=O) groups excluding carboxylic acids is 1. The lowest BCUT2D eigenvalue weighted by Gasteiger charge is -2.48. The van der Waals surface area contributed by atoms with Gasteiger partial charge in [-0.2, -0.15) is 0 Å². The van der Waals surface area contributed by atoms with Gasteiger partial charge < -0.3 is 9.64 Å². The molecule has 0 spiro atoms. The Hall–Kier alpha value is -1.46. The third-order valence-electron chi connectivity index (χ3n) is 6.08. The van der Waals surface area contributed by atoms with Crippen molar-refractivity contribution in [3.8, 4) is 0 Å². The molecule has 2 atom stereocenters. The highest BCUT2D eigenvalue weighted by molar-refractivity contribution is 5.91. The van der Waals surface area contributed by atoms with E-state index in [2.05, 4.69) is 11.8 Å². The van der Waals surface area contributed by atoms with Gasteiger partial charge in [0.05, 0.1) is 24.7 Å². The summed E-state index contributed by atoms with van der Waals surface area (Å²) in [6.07, 6.45) is 3.80. The maximum atomic E-state index is 14.3. The predicted molar refractivity (Wildman–Crippen MR) is 93.9 cm³/mol. The molecular formula is C20H27FN2O2. The van der Waals surface area contributed by atoms with Gasteiger partial charge in [-0.3, -0.25) is 9.69 Å². The maximum absolute atomic E-state index is 14.3. The van der Waals surface area contributed by atoms with E-state index in [9.17, 15) is 9.18 Å². The van der Waals surface area contributed by atoms with Crippen LogP contribution < -0.4 is 0 Å². The lowest BCUT2D eigenvalue weighted by Crippen LogP contribution is -2.63. The molecule has 25 heavy (non-hydrogen) atoms. The van der Waals surface area contributed by atoms with Crippen molar-refractivity contribution in [3.63, 3.8) is 0 Å². The number of carbonyl (C=O) groups is 1. The van der Waals surface area contributed by atoms with E-state index in [-0.39, 0.29) is 17.8 Å². The van der Waals surface area contributed by atoms with E-state index in [0.717, 1.165) is 45.4 Å². The minimum atomic E-state index is -0.619. The molecule has 2 saturated heterocycles. The van der Waals surface area contributed by atoms with Crippen LogP contribution in [0.5, 0.6) is 0 Å². The van der Waals surface area contributed by atoms with Crippen molar-refractivity contribution in [2.24, 2.45) is 0 Å². The van der Waals surface area contributed by atoms with Crippen LogP contribution in [0.2, 0.25) is 0 Å². The predicted octanol–water partition coefficient (Wildman–Crippen LogP) is 2.57. The molecule has 1 aliphatic carbocycles. The molecule has 3 fully saturated rings. The largest absolute Gasteiger partial charge is 0.378 e. The zero-order chi connectivity index (χ0) is 17.4. The Bertz CT molecular complexity index is 644. The molecule has 0 unspecified atom stereocenters. The Morgan fingerprint density at radius 2 is 2.08 bits per heavy atom. The molecule has 136 valence electrons. The Labute approximate surface area is 148 Å². The van der Waals surface area contributed by atoms with Gasteiger partial charge in [0.15, 0.2) is 0 Å². The number of fused-ring (bicyclic) bond motifs is 1. The molecule has 0 radical (unpaired) electrons. The van der Waals surface area contributed by atoms with E-state index >= 15 is 0 Å². The molecular weight excluding hydrogens is 319 g/mol. The first kappa shape index (κ1) is 17.0. The number of nitrogens with zero attached hydrogens (tertiary/aromatic N) is 2. The number of morpholine rings is 1. The topological polar surface area (TPSA) is 32.8 Å². The van der Waals surface area contributed by atoms with E-state index in [4.69, 9.17) is 4.74 Å². The lowest BCUT2D eigenvalue weighted by molar-refractivity contribution is -0.142. The second-order valence-electron chi connectivity index (χ2n) is 7.68. The average Bonchev–Trinajstić information content (AvgIpc) is 3.43. The van der Waals surface area contributed by atoms with Gasteiger partial charge in [-0.05, 0) is 25.3 Å². The van der Waals surface area contributed by atoms with E-state index < -0.39 is 5.41 Å². The first-order chi connectivity index (χ1) is 12.2. The summed E-state index contributed by atoms with van der Waals surface area (Å²) in [6.45, 7) is 6.04. The highest BCUT2D eigenvalue weighted by Crippen LogP contribution is 2.50. The quantitative estimate of drug-likeness (QED) is 0.840. The normalized spacial score (nSPS) is 28.5. The molecule has 2 aliphatic heterocycles. The SMILES string of the molecule is CCC[C@H]1COC[C@H]2CN(C(=O)C3(c4ccccc4F)CC3)CCN12. The standard InChI is InChI=1S/C20H27FN2O2/c1-2-5-15-13-25-14-16-12-22(10-11-23(15)16)19(24)20(8-9-20)17-6-3-4-7-18(17)21/h3-4,6-7,15-16H,2,5,8-14H2,1H3/t15-,16+/m0/s1. The molecule has 3 aliphatic rings. The highest BCUT2D eigenvalue weighted by Gasteiger charge is 2.55. The fraction of sp³-hybridized carbons (Fsp3) is 0.650. The zero-order valence-corrected chi connectivity index (χ0v) is 14.9. The van der Waals surface area contributed by atoms with E-state index in [1.165, 1.54) is 6.07 Å². The molecule has 4 nitrogen and oxygen atoms in total. The van der Waals surface area contributed by atoms with E-state index in [1.807, 2.05) is 11.0 Å². The minimum absolute atomic E-state index is 0.106. The second kappa shape index (κ2) is 6.69. The number of halogens is 1. The van der Waals surface area contributed by atoms with Gasteiger partial charge in [0, 0.05) is 31.2 Å². The highest BCUT2D eigenvalue weighted by atomic mass is 19.1. The number of amides is 1. The van der Waals surface area contributed by atoms with Crippen LogP contribution in [0.4, 0.5) is 4.39 Å². The number of hydrogen-bond acceptors (Lipinski definition) is 3. The zero-order valence-electron chi connectivity index (χ0n) is 14.9. The van der Waals surface area contributed by atoms with Crippen LogP contribution in [-0.4, -0.2) is 60.6 Å². The van der Waals surface area contributed by atoms with Gasteiger partial charge in [-0.25, -0.2) is 4.39 Å². The van der Waals surface area contributed by atoms with Crippen molar-refractivity contribution in [1.29, 1.82) is 0 Å². The van der Waals surface area contributed by atoms with Gasteiger partial charge in [0.1, 0.15) is 5.82 Å². The molecule has 1 amide bonds. The van der Waals surface area contributed by atoms with E-state index in [1.54, 1.807) is 12.1 Å². The van der Waals surface area contributed by atoms with Crippen LogP contribution in [0, 0.1) is 5.82 Å². The monoisotopic (exact) mass is 346 g/mol. The summed E-state index contributed by atoms with van der Waals surface area (Å²) >= 11 is 0. The second-order valence-corrected chi connectivity index (χ2v) is 7.68. The lowest BCUT2D eigenvalue weighted by atomic mass is 9.92. The summed E-state index contributed by atoms with van der Waals surface area (Å²) in [6, 6.07) is 7.50. The molecule has 0 bridgehead atoms. The van der Waals surface area contributed by atoms with Gasteiger partial charge >= 0.3 is 0 Å². The van der Waals surface area contributed by atoms with Crippen molar-refractivity contribution < 1.29 is 13.9 Å². The molecule has 0 aromatic heterocycles. The Balaban J connectivity index is 1.49. The molecule has 1 saturated carbocycles. The van der Waals surface area contributed by atoms with Crippen LogP contribution in [-0.2, 0) is 14.9 Å². The van der Waals surface area contributed by atoms with Crippen LogP contribution in [0.15, 0.2) is 24.3 Å². The summed E-state index contributed by atoms with van der Waals surface area (Å²) in [7, 11) is 0. The fourth-order valence-corrected chi connectivity index (χ4v) is 4.58. The van der Waals surface area contributed by atoms with Gasteiger partial charge in [0.2, 0.25) is 5.91 Å². The number of benzene rings is 1. The van der Waals surface area contributed by atoms with Crippen molar-refractivity contribution in [2.75, 3.05) is 32.8 Å². The summed E-state index contributed by atoms with van der Waals surface area (Å²) in [5.41, 5.74) is -0.0440. The fourth-order valence-electron chi connectivity index (χ4n) is 4.58. The molecule has 4 rings (SSSR count). The van der Waals surface area contributed by atoms with Crippen molar-refractivity contribution >= 4 is 5.91 Å². The van der Waals surface area contributed by atoms with Crippen molar-refractivity contribution in [2.45, 2.75) is 50.1 Å². The Morgan fingerprint density at radius 3 is 2.80 bits per heavy atom. The molecule has 1 aromatic carbocycles. The van der Waals surface area contributed by atoms with Gasteiger partial charge in [-0.15, -0.1) is 0 Å². The average molecular weight is 346 g/mol. The van der Waals surface area contributed by atoms with Crippen LogP contribution in [0.25, 0.3) is 0 Å². The third-order valence-corrected chi connectivity index (χ3v) is 6.08. The number of piperazine rings is 1. The summed E-state index contributed by atoms with van der Waals surface area (Å²) in [5, 5.41) is 0. The van der Waals surface area contributed by atoms with Crippen LogP contribution >= 0.6 is 0 Å².